The van der Waals surface area contributed by atoms with Crippen LogP contribution in [0, 0.1) is 11.8 Å². The number of nitrogens with zero attached hydrogens (tertiary/aromatic N) is 2. The molecule has 0 fully saturated rings. The maximum absolute atomic E-state index is 4.99. The van der Waals surface area contributed by atoms with Gasteiger partial charge in [0.1, 0.15) is 0 Å². The Balaban J connectivity index is 0. The molecule has 2 nitrogen and oxygen atoms in total. The molecule has 0 unspecified atom stereocenters. The van der Waals surface area contributed by atoms with Gasteiger partial charge in [-0.2, -0.15) is 0 Å². The van der Waals surface area contributed by atoms with Crippen LogP contribution in [0.4, 0.5) is 0 Å². The van der Waals surface area contributed by atoms with Gasteiger partial charge < -0.3 is 34.2 Å². The highest BCUT2D eigenvalue weighted by Gasteiger charge is 2.16. The van der Waals surface area contributed by atoms with Gasteiger partial charge in [-0.25, -0.2) is 0 Å². The minimum Gasteiger partial charge on any atom is -0.411 e. The third-order valence-electron chi connectivity index (χ3n) is 4.11. The van der Waals surface area contributed by atoms with E-state index >= 15 is 0 Å². The summed E-state index contributed by atoms with van der Waals surface area (Å²) in [5.74, 6) is 1.26. The van der Waals surface area contributed by atoms with Crippen LogP contribution in [0.25, 0.3) is 0 Å². The average Bonchev–Trinajstić information content (AvgIpc) is 2.41. The van der Waals surface area contributed by atoms with Crippen molar-refractivity contribution in [1.29, 1.82) is 0 Å². The van der Waals surface area contributed by atoms with Gasteiger partial charge in [-0.05, 0) is 39.5 Å². The molecule has 0 saturated carbocycles. The molecular weight excluding hydrogens is 296 g/mol. The number of rotatable bonds is 8. The van der Waals surface area contributed by atoms with E-state index in [4.69, 9.17) is 24.8 Å². The lowest BCUT2D eigenvalue weighted by molar-refractivity contribution is -0.921. The zero-order chi connectivity index (χ0) is 17.1. The largest absolute Gasteiger partial charge is 0.411 e. The lowest BCUT2D eigenvalue weighted by Gasteiger charge is -2.34. The first-order chi connectivity index (χ1) is 9.67. The van der Waals surface area contributed by atoms with Gasteiger partial charge >= 0.3 is 0 Å². The van der Waals surface area contributed by atoms with Crippen LogP contribution in [0.5, 0.6) is 0 Å². The molecule has 0 atom stereocenters. The van der Waals surface area contributed by atoms with Crippen molar-refractivity contribution in [1.82, 2.24) is 4.90 Å². The highest BCUT2D eigenvalue weighted by molar-refractivity contribution is 8.00. The Kier molecular flexibility index (Phi) is 14.0. The van der Waals surface area contributed by atoms with E-state index in [1.54, 1.807) is 0 Å². The quantitative estimate of drug-likeness (QED) is 0.370. The molecule has 0 aromatic carbocycles. The second-order valence-electron chi connectivity index (χ2n) is 6.57. The van der Waals surface area contributed by atoms with Gasteiger partial charge in [0, 0.05) is 13.1 Å². The van der Waals surface area contributed by atoms with Gasteiger partial charge in [-0.15, -0.1) is 0 Å². The molecule has 0 aliphatic carbocycles. The number of quaternary nitrogens is 1. The molecule has 0 aromatic heterocycles. The van der Waals surface area contributed by atoms with Crippen molar-refractivity contribution in [2.75, 3.05) is 39.3 Å². The molecule has 21 heavy (non-hydrogen) atoms. The van der Waals surface area contributed by atoms with Crippen molar-refractivity contribution >= 4 is 29.2 Å². The summed E-state index contributed by atoms with van der Waals surface area (Å²) in [6.07, 6.45) is 0. The van der Waals surface area contributed by atoms with Crippen LogP contribution < -0.4 is 0 Å². The van der Waals surface area contributed by atoms with E-state index in [-0.39, 0.29) is 0 Å². The van der Waals surface area contributed by atoms with Crippen LogP contribution in [0.2, 0.25) is 0 Å². The van der Waals surface area contributed by atoms with Crippen LogP contribution in [0.1, 0.15) is 55.4 Å². The number of hydrogen-bond donors (Lipinski definition) is 0. The Bertz CT molecular complexity index is 234. The molecule has 0 saturated heterocycles. The molecule has 0 spiro atoms. The molecule has 0 aliphatic heterocycles. The van der Waals surface area contributed by atoms with Gasteiger partial charge in [0.05, 0.1) is 26.2 Å². The molecule has 0 aliphatic rings. The summed E-state index contributed by atoms with van der Waals surface area (Å²) in [6, 6.07) is 0. The predicted molar refractivity (Wildman–Crippen MR) is 104 cm³/mol. The second-order valence-corrected chi connectivity index (χ2v) is 7.60. The summed E-state index contributed by atoms with van der Waals surface area (Å²) in [7, 11) is 0. The van der Waals surface area contributed by atoms with Crippen molar-refractivity contribution in [2.24, 2.45) is 11.8 Å². The SMILES string of the molecule is CC(C)CN(CC(C)C)C(=S)[S-].CC[N+](CC)(CC)CC. The van der Waals surface area contributed by atoms with Crippen molar-refractivity contribution in [3.05, 3.63) is 0 Å². The fourth-order valence-electron chi connectivity index (χ4n) is 2.45. The Morgan fingerprint density at radius 3 is 1.24 bits per heavy atom. The van der Waals surface area contributed by atoms with E-state index < -0.39 is 0 Å². The predicted octanol–water partition coefficient (Wildman–Crippen LogP) is 4.32. The monoisotopic (exact) mass is 334 g/mol. The normalized spacial score (nSPS) is 11.3. The summed E-state index contributed by atoms with van der Waals surface area (Å²) in [5.41, 5.74) is 0. The molecule has 0 heterocycles. The summed E-state index contributed by atoms with van der Waals surface area (Å²) >= 11 is 9.99. The third kappa shape index (κ3) is 11.3. The van der Waals surface area contributed by atoms with E-state index in [0.29, 0.717) is 16.2 Å². The van der Waals surface area contributed by atoms with Gasteiger partial charge in [-0.1, -0.05) is 32.0 Å². The minimum atomic E-state index is 0.609. The van der Waals surface area contributed by atoms with Crippen LogP contribution in [-0.4, -0.2) is 53.0 Å². The Morgan fingerprint density at radius 1 is 0.857 bits per heavy atom. The van der Waals surface area contributed by atoms with E-state index in [2.05, 4.69) is 60.3 Å². The fraction of sp³-hybridized carbons (Fsp3) is 0.941. The smallest absolute Gasteiger partial charge is 0.0757 e. The Hall–Kier alpha value is 0.0700. The van der Waals surface area contributed by atoms with Crippen LogP contribution in [0.3, 0.4) is 0 Å². The van der Waals surface area contributed by atoms with E-state index in [0.717, 1.165) is 13.1 Å². The summed E-state index contributed by atoms with van der Waals surface area (Å²) in [5, 5.41) is 0. The molecule has 0 aromatic rings. The van der Waals surface area contributed by atoms with Gasteiger partial charge in [0.2, 0.25) is 0 Å². The molecule has 4 heteroatoms. The van der Waals surface area contributed by atoms with Crippen molar-refractivity contribution in [3.63, 3.8) is 0 Å². The molecular formula is C17H38N2S2. The molecule has 0 N–H and O–H groups in total. The molecule has 0 bridgehead atoms. The second kappa shape index (κ2) is 12.6. The highest BCUT2D eigenvalue weighted by atomic mass is 32.1. The summed E-state index contributed by atoms with van der Waals surface area (Å²) in [4.78, 5) is 2.11. The highest BCUT2D eigenvalue weighted by Crippen LogP contribution is 2.04. The Labute approximate surface area is 145 Å². The molecule has 0 rings (SSSR count). The number of thiocarbonyl (C=S) groups is 1. The van der Waals surface area contributed by atoms with Crippen LogP contribution >= 0.6 is 12.2 Å². The van der Waals surface area contributed by atoms with Crippen molar-refractivity contribution < 1.29 is 4.48 Å². The van der Waals surface area contributed by atoms with Crippen molar-refractivity contribution in [2.45, 2.75) is 55.4 Å². The maximum Gasteiger partial charge on any atom is 0.0757 e. The average molecular weight is 335 g/mol. The summed E-state index contributed by atoms with van der Waals surface area (Å²) < 4.78 is 1.89. The molecule has 0 radical (unpaired) electrons. The zero-order valence-corrected chi connectivity index (χ0v) is 17.2. The van der Waals surface area contributed by atoms with E-state index in [1.807, 2.05) is 0 Å². The molecule has 0 amide bonds. The maximum atomic E-state index is 4.99. The number of hydrogen-bond acceptors (Lipinski definition) is 2. The van der Waals surface area contributed by atoms with Crippen LogP contribution in [0.15, 0.2) is 0 Å². The van der Waals surface area contributed by atoms with Crippen LogP contribution in [-0.2, 0) is 12.6 Å². The van der Waals surface area contributed by atoms with Gasteiger partial charge in [0.25, 0.3) is 0 Å². The van der Waals surface area contributed by atoms with E-state index in [9.17, 15) is 0 Å². The van der Waals surface area contributed by atoms with Gasteiger partial charge in [0.15, 0.2) is 0 Å². The first kappa shape index (κ1) is 23.3. The summed E-state index contributed by atoms with van der Waals surface area (Å²) in [6.45, 7) is 24.9. The lowest BCUT2D eigenvalue weighted by atomic mass is 10.1. The van der Waals surface area contributed by atoms with Gasteiger partial charge in [-0.3, -0.25) is 0 Å². The minimum absolute atomic E-state index is 0.609. The molecule has 128 valence electrons. The Morgan fingerprint density at radius 2 is 1.14 bits per heavy atom. The standard InChI is InChI=1S/C9H19NS2.C8H20N/c1-7(2)5-10(9(11)12)6-8(3)4;1-5-9(6-2,7-3)8-4/h7-8H,5-6H2,1-4H3,(H,11,12);5-8H2,1-4H3/q;+1/p-1. The van der Waals surface area contributed by atoms with Crippen molar-refractivity contribution in [3.8, 4) is 0 Å². The first-order valence-electron chi connectivity index (χ1n) is 8.48. The van der Waals surface area contributed by atoms with E-state index in [1.165, 1.54) is 30.7 Å². The zero-order valence-electron chi connectivity index (χ0n) is 15.6. The fourth-order valence-corrected chi connectivity index (χ4v) is 2.74. The first-order valence-corrected chi connectivity index (χ1v) is 9.30. The topological polar surface area (TPSA) is 3.24 Å². The third-order valence-corrected chi connectivity index (χ3v) is 4.63. The lowest BCUT2D eigenvalue weighted by Crippen LogP contribution is -2.47.